The fourth-order valence-electron chi connectivity index (χ4n) is 2.32. The molecule has 7 heteroatoms. The van der Waals surface area contributed by atoms with Crippen molar-refractivity contribution in [1.82, 2.24) is 5.48 Å². The van der Waals surface area contributed by atoms with E-state index >= 15 is 0 Å². The number of carbonyl (C=O) groups excluding carboxylic acids is 1. The number of nitrogens with one attached hydrogen (secondary N) is 2. The Labute approximate surface area is 152 Å². The molecule has 2 rings (SSSR count). The molecule has 24 heavy (non-hydrogen) atoms. The van der Waals surface area contributed by atoms with Gasteiger partial charge in [-0.25, -0.2) is 14.3 Å². The van der Waals surface area contributed by atoms with Crippen LogP contribution in [0.2, 0.25) is 0 Å². The summed E-state index contributed by atoms with van der Waals surface area (Å²) in [4.78, 5) is 16.8. The topological polar surface area (TPSA) is 50.4 Å². The highest BCUT2D eigenvalue weighted by atomic mass is 127. The lowest BCUT2D eigenvalue weighted by molar-refractivity contribution is 0.0538. The highest BCUT2D eigenvalue weighted by molar-refractivity contribution is 14.1. The van der Waals surface area contributed by atoms with Crippen LogP contribution in [0, 0.1) is 15.2 Å². The molecule has 0 saturated carbocycles. The molecule has 1 amide bonds. The predicted octanol–water partition coefficient (Wildman–Crippen LogP) is 4.56. The molecule has 0 aromatic heterocycles. The van der Waals surface area contributed by atoms with Gasteiger partial charge in [0.1, 0.15) is 11.6 Å². The number of carbonyl (C=O) groups is 1. The van der Waals surface area contributed by atoms with Gasteiger partial charge in [-0.15, -0.1) is 0 Å². The van der Waals surface area contributed by atoms with Crippen LogP contribution < -0.4 is 10.8 Å². The summed E-state index contributed by atoms with van der Waals surface area (Å²) >= 11 is 2.00. The number of anilines is 2. The van der Waals surface area contributed by atoms with E-state index in [0.717, 1.165) is 3.57 Å². The van der Waals surface area contributed by atoms with Gasteiger partial charge in [-0.1, -0.05) is 13.3 Å². The summed E-state index contributed by atoms with van der Waals surface area (Å²) in [6, 6.07) is 7.20. The van der Waals surface area contributed by atoms with Gasteiger partial charge in [-0.2, -0.15) is 0 Å². The Hall–Kier alpha value is -1.74. The van der Waals surface area contributed by atoms with Gasteiger partial charge in [0, 0.05) is 9.13 Å². The smallest absolute Gasteiger partial charge is 0.276 e. The van der Waals surface area contributed by atoms with Gasteiger partial charge in [-0.05, 0) is 59.3 Å². The van der Waals surface area contributed by atoms with Gasteiger partial charge in [0.25, 0.3) is 5.91 Å². The lowest BCUT2D eigenvalue weighted by atomic mass is 10.0. The molecule has 0 atom stereocenters. The Bertz CT molecular complexity index is 754. The van der Waals surface area contributed by atoms with E-state index in [2.05, 4.69) is 15.6 Å². The Morgan fingerprint density at radius 1 is 1.21 bits per heavy atom. The molecule has 4 nitrogen and oxygen atoms in total. The second-order valence-electron chi connectivity index (χ2n) is 5.08. The summed E-state index contributed by atoms with van der Waals surface area (Å²) in [6.45, 7) is 1.90. The molecule has 0 saturated heterocycles. The van der Waals surface area contributed by atoms with Gasteiger partial charge >= 0.3 is 0 Å². The van der Waals surface area contributed by atoms with Crippen molar-refractivity contribution in [2.45, 2.75) is 19.8 Å². The Kier molecular flexibility index (Phi) is 6.50. The van der Waals surface area contributed by atoms with Crippen molar-refractivity contribution in [3.05, 3.63) is 56.7 Å². The number of hydroxylamine groups is 1. The van der Waals surface area contributed by atoms with E-state index in [0.29, 0.717) is 18.4 Å². The summed E-state index contributed by atoms with van der Waals surface area (Å²) in [7, 11) is 1.31. The van der Waals surface area contributed by atoms with Gasteiger partial charge in [0.2, 0.25) is 0 Å². The normalized spacial score (nSPS) is 10.5. The van der Waals surface area contributed by atoms with Crippen LogP contribution in [0.1, 0.15) is 29.3 Å². The standard InChI is InChI=1S/C17H17F2IN2O2/c1-3-4-11-13(18)7-6-12(17(23)22-24-2)16(11)21-15-8-5-10(20)9-14(15)19/h5-9,21H,3-4H2,1-2H3,(H,22,23). The van der Waals surface area contributed by atoms with E-state index in [4.69, 9.17) is 0 Å². The second-order valence-corrected chi connectivity index (χ2v) is 6.33. The molecule has 2 aromatic carbocycles. The summed E-state index contributed by atoms with van der Waals surface area (Å²) < 4.78 is 29.1. The van der Waals surface area contributed by atoms with E-state index in [-0.39, 0.29) is 16.9 Å². The monoisotopic (exact) mass is 446 g/mol. The Balaban J connectivity index is 2.54. The third-order valence-corrected chi connectivity index (χ3v) is 4.06. The van der Waals surface area contributed by atoms with Crippen LogP contribution in [-0.2, 0) is 11.3 Å². The molecule has 0 aliphatic carbocycles. The molecule has 0 spiro atoms. The van der Waals surface area contributed by atoms with E-state index in [1.807, 2.05) is 29.5 Å². The van der Waals surface area contributed by atoms with E-state index in [1.54, 1.807) is 12.1 Å². The first-order chi connectivity index (χ1) is 11.5. The SMILES string of the molecule is CCCc1c(F)ccc(C(=O)NOC)c1Nc1ccc(I)cc1F. The molecule has 0 fully saturated rings. The number of rotatable bonds is 6. The minimum Gasteiger partial charge on any atom is -0.352 e. The molecule has 0 aliphatic rings. The molecule has 0 aliphatic heterocycles. The van der Waals surface area contributed by atoms with Crippen molar-refractivity contribution in [2.24, 2.45) is 0 Å². The zero-order chi connectivity index (χ0) is 17.7. The molecule has 128 valence electrons. The number of benzene rings is 2. The Morgan fingerprint density at radius 2 is 1.96 bits per heavy atom. The van der Waals surface area contributed by atoms with Crippen molar-refractivity contribution in [3.63, 3.8) is 0 Å². The van der Waals surface area contributed by atoms with Crippen LogP contribution in [0.15, 0.2) is 30.3 Å². The first-order valence-electron chi connectivity index (χ1n) is 7.34. The van der Waals surface area contributed by atoms with Crippen molar-refractivity contribution in [1.29, 1.82) is 0 Å². The Morgan fingerprint density at radius 3 is 2.58 bits per heavy atom. The summed E-state index contributed by atoms with van der Waals surface area (Å²) in [5, 5.41) is 2.87. The zero-order valence-corrected chi connectivity index (χ0v) is 15.4. The quantitative estimate of drug-likeness (QED) is 0.506. The molecule has 0 heterocycles. The van der Waals surface area contributed by atoms with Crippen LogP contribution in [0.25, 0.3) is 0 Å². The largest absolute Gasteiger partial charge is 0.352 e. The highest BCUT2D eigenvalue weighted by Gasteiger charge is 2.19. The predicted molar refractivity (Wildman–Crippen MR) is 97.3 cm³/mol. The molecule has 0 bridgehead atoms. The van der Waals surface area contributed by atoms with Crippen LogP contribution >= 0.6 is 22.6 Å². The maximum Gasteiger partial charge on any atom is 0.276 e. The lowest BCUT2D eigenvalue weighted by Gasteiger charge is -2.17. The number of hydrogen-bond acceptors (Lipinski definition) is 3. The molecule has 0 radical (unpaired) electrons. The van der Waals surface area contributed by atoms with E-state index < -0.39 is 17.5 Å². The maximum atomic E-state index is 14.2. The van der Waals surface area contributed by atoms with Gasteiger partial charge in [0.15, 0.2) is 0 Å². The maximum absolute atomic E-state index is 14.2. The van der Waals surface area contributed by atoms with Crippen LogP contribution in [0.3, 0.4) is 0 Å². The summed E-state index contributed by atoms with van der Waals surface area (Å²) in [5.41, 5.74) is 3.13. The van der Waals surface area contributed by atoms with Gasteiger partial charge in [-0.3, -0.25) is 9.63 Å². The van der Waals surface area contributed by atoms with Crippen molar-refractivity contribution in [2.75, 3.05) is 12.4 Å². The fraction of sp³-hybridized carbons (Fsp3) is 0.235. The average Bonchev–Trinajstić information content (AvgIpc) is 2.53. The minimum atomic E-state index is -0.539. The zero-order valence-electron chi connectivity index (χ0n) is 13.3. The molecular formula is C17H17F2IN2O2. The number of halogens is 3. The van der Waals surface area contributed by atoms with E-state index in [9.17, 15) is 13.6 Å². The highest BCUT2D eigenvalue weighted by Crippen LogP contribution is 2.30. The first kappa shape index (κ1) is 18.6. The minimum absolute atomic E-state index is 0.171. The third kappa shape index (κ3) is 4.21. The molecule has 0 unspecified atom stereocenters. The van der Waals surface area contributed by atoms with Gasteiger partial charge in [0.05, 0.1) is 24.0 Å². The summed E-state index contributed by atoms with van der Waals surface area (Å²) in [5.74, 6) is -1.46. The molecule has 2 N–H and O–H groups in total. The van der Waals surface area contributed by atoms with Crippen LogP contribution in [0.5, 0.6) is 0 Å². The number of amides is 1. The molecular weight excluding hydrogens is 429 g/mol. The second kappa shape index (κ2) is 8.39. The van der Waals surface area contributed by atoms with Gasteiger partial charge < -0.3 is 5.32 Å². The fourth-order valence-corrected chi connectivity index (χ4v) is 2.78. The van der Waals surface area contributed by atoms with Crippen molar-refractivity contribution in [3.8, 4) is 0 Å². The average molecular weight is 446 g/mol. The summed E-state index contributed by atoms with van der Waals surface area (Å²) in [6.07, 6.45) is 1.09. The molecule has 2 aromatic rings. The third-order valence-electron chi connectivity index (χ3n) is 3.39. The van der Waals surface area contributed by atoms with E-state index in [1.165, 1.54) is 25.3 Å². The van der Waals surface area contributed by atoms with Crippen LogP contribution in [-0.4, -0.2) is 13.0 Å². The first-order valence-corrected chi connectivity index (χ1v) is 8.42. The van der Waals surface area contributed by atoms with Crippen molar-refractivity contribution >= 4 is 39.9 Å². The number of hydrogen-bond donors (Lipinski definition) is 2. The van der Waals surface area contributed by atoms with Crippen LogP contribution in [0.4, 0.5) is 20.2 Å². The lowest BCUT2D eigenvalue weighted by Crippen LogP contribution is -2.23. The van der Waals surface area contributed by atoms with Crippen molar-refractivity contribution < 1.29 is 18.4 Å².